The predicted octanol–water partition coefficient (Wildman–Crippen LogP) is 16.3. The molecule has 4 aliphatic heterocycles. The van der Waals surface area contributed by atoms with Gasteiger partial charge in [0, 0.05) is 50.6 Å². The maximum absolute atomic E-state index is 2.93. The van der Waals surface area contributed by atoms with Gasteiger partial charge in [-0.1, -0.05) is 214 Å². The third-order valence-electron chi connectivity index (χ3n) is 20.2. The molecule has 10 aromatic carbocycles. The highest BCUT2D eigenvalue weighted by atomic mass is 15.3. The molecule has 1 fully saturated rings. The predicted molar refractivity (Wildman–Crippen MR) is 323 cm³/mol. The summed E-state index contributed by atoms with van der Waals surface area (Å²) in [7, 11) is 0. The van der Waals surface area contributed by atoms with Crippen molar-refractivity contribution in [1.29, 1.82) is 0 Å². The molecule has 0 N–H and O–H groups in total. The first-order valence-corrected chi connectivity index (χ1v) is 28.2. The molecule has 4 atom stereocenters. The molecule has 370 valence electrons. The lowest BCUT2D eigenvalue weighted by molar-refractivity contribution is 0.215. The Morgan fingerprint density at radius 2 is 0.987 bits per heavy atom. The molecule has 3 nitrogen and oxygen atoms in total. The number of aryl methyl sites for hydroxylation is 1. The molecule has 0 aromatic heterocycles. The summed E-state index contributed by atoms with van der Waals surface area (Å²) in [5.41, 5.74) is 26.7. The van der Waals surface area contributed by atoms with Crippen LogP contribution in [0, 0.1) is 0 Å². The number of fused-ring (bicyclic) bond motifs is 12. The fourth-order valence-electron chi connectivity index (χ4n) is 16.5. The fourth-order valence-corrected chi connectivity index (χ4v) is 16.5. The smallest absolute Gasteiger partial charge is 0.252 e. The Hall–Kier alpha value is -8.34. The van der Waals surface area contributed by atoms with Gasteiger partial charge in [-0.05, 0) is 160 Å². The highest BCUT2D eigenvalue weighted by molar-refractivity contribution is 7.00. The molecule has 2 aliphatic carbocycles. The van der Waals surface area contributed by atoms with Crippen LogP contribution in [-0.4, -0.2) is 12.3 Å². The van der Waals surface area contributed by atoms with Gasteiger partial charge in [0.2, 0.25) is 0 Å². The van der Waals surface area contributed by atoms with Crippen LogP contribution in [0.3, 0.4) is 0 Å². The van der Waals surface area contributed by atoms with Crippen LogP contribution in [0.4, 0.5) is 39.8 Å². The van der Waals surface area contributed by atoms with Crippen LogP contribution in [0.25, 0.3) is 33.4 Å². The molecule has 10 aromatic rings. The number of hydrogen-bond donors (Lipinski definition) is 0. The van der Waals surface area contributed by atoms with Gasteiger partial charge >= 0.3 is 0 Å². The summed E-state index contributed by atoms with van der Waals surface area (Å²) < 4.78 is 0. The Balaban J connectivity index is 1.04. The van der Waals surface area contributed by atoms with E-state index in [-0.39, 0.29) is 23.1 Å². The largest absolute Gasteiger partial charge is 0.335 e. The van der Waals surface area contributed by atoms with Crippen molar-refractivity contribution in [2.75, 3.05) is 14.7 Å². The number of nitrogens with zero attached hydrogens (tertiary/aromatic N) is 3. The van der Waals surface area contributed by atoms with Crippen LogP contribution in [0.1, 0.15) is 80.7 Å². The molecular weight excluding hydrogens is 930 g/mol. The Labute approximate surface area is 454 Å². The van der Waals surface area contributed by atoms with E-state index in [1.54, 1.807) is 0 Å². The first kappa shape index (κ1) is 44.9. The minimum atomic E-state index is -0.420. The topological polar surface area (TPSA) is 9.72 Å². The van der Waals surface area contributed by atoms with Gasteiger partial charge < -0.3 is 14.7 Å². The van der Waals surface area contributed by atoms with Gasteiger partial charge in [0.25, 0.3) is 6.71 Å². The summed E-state index contributed by atoms with van der Waals surface area (Å²) in [5.74, 6) is 0. The molecular formula is C73H60BN3. The number of hydrogen-bond acceptors (Lipinski definition) is 3. The normalized spacial score (nSPS) is 22.8. The van der Waals surface area contributed by atoms with E-state index in [1.165, 1.54) is 125 Å². The average Bonchev–Trinajstić information content (AvgIpc) is 3.93. The Morgan fingerprint density at radius 1 is 0.390 bits per heavy atom. The highest BCUT2D eigenvalue weighted by Gasteiger charge is 2.65. The third-order valence-corrected chi connectivity index (χ3v) is 20.2. The van der Waals surface area contributed by atoms with E-state index in [9.17, 15) is 0 Å². The molecule has 0 spiro atoms. The highest BCUT2D eigenvalue weighted by Crippen LogP contribution is 2.67. The van der Waals surface area contributed by atoms with Crippen molar-refractivity contribution in [2.24, 2.45) is 0 Å². The molecule has 4 heteroatoms. The molecule has 6 aliphatic rings. The van der Waals surface area contributed by atoms with Gasteiger partial charge in [-0.3, -0.25) is 0 Å². The van der Waals surface area contributed by atoms with Crippen LogP contribution < -0.4 is 31.1 Å². The van der Waals surface area contributed by atoms with Gasteiger partial charge in [-0.2, -0.15) is 0 Å². The molecule has 16 rings (SSSR count). The van der Waals surface area contributed by atoms with E-state index in [1.807, 2.05) is 0 Å². The standard InChI is InChI=1S/C73H60BN3/c1-70-43-40-52-28-16-17-33-59(52)72(70,3)76(64-39-37-54(45-61(64)70)50-24-10-5-11-25-50)58-47-66-68-67(48-58)77-69-60(73(56-30-14-7-15-31-56)42-19-18-41-71(73,77)2)34-21-35-63(69)74(68)62-38-36-55(51-26-12-6-13-27-51)46-65(62)75(66)57-32-20-29-53(44-57)49-22-8-4-9-23-49/h4-17,20-39,44-48H,18-19,40-43H2,1-3H3. The second-order valence-corrected chi connectivity index (χ2v) is 23.5. The molecule has 0 amide bonds. The maximum atomic E-state index is 2.93. The van der Waals surface area contributed by atoms with Crippen molar-refractivity contribution in [3.05, 3.63) is 264 Å². The van der Waals surface area contributed by atoms with E-state index in [0.717, 1.165) is 31.4 Å². The van der Waals surface area contributed by atoms with Crippen molar-refractivity contribution in [1.82, 2.24) is 0 Å². The van der Waals surface area contributed by atoms with Crippen LogP contribution in [0.2, 0.25) is 0 Å². The van der Waals surface area contributed by atoms with Gasteiger partial charge in [0.1, 0.15) is 0 Å². The SMILES string of the molecule is CC12CCc3ccccc3C1(C)N(c1cc3c4c(c1)N1c5c(cccc5C5(c6ccccc6)CCCCC15C)B4c1ccc(-c4ccccc4)cc1N3c1cccc(-c3ccccc3)c1)c1ccc(-c3ccccc3)cc12. The zero-order valence-electron chi connectivity index (χ0n) is 44.2. The second kappa shape index (κ2) is 16.3. The van der Waals surface area contributed by atoms with Gasteiger partial charge in [-0.15, -0.1) is 0 Å². The summed E-state index contributed by atoms with van der Waals surface area (Å²) in [5, 5.41) is 0. The van der Waals surface area contributed by atoms with E-state index in [4.69, 9.17) is 0 Å². The van der Waals surface area contributed by atoms with E-state index < -0.39 is 5.54 Å². The third kappa shape index (κ3) is 5.94. The quantitative estimate of drug-likeness (QED) is 0.154. The first-order chi connectivity index (χ1) is 37.8. The number of rotatable bonds is 6. The molecule has 1 saturated carbocycles. The van der Waals surface area contributed by atoms with Crippen LogP contribution in [0.5, 0.6) is 0 Å². The molecule has 4 heterocycles. The summed E-state index contributed by atoms with van der Waals surface area (Å²) in [6.07, 6.45) is 6.69. The lowest BCUT2D eigenvalue weighted by atomic mass is 9.33. The Bertz CT molecular complexity index is 4020. The van der Waals surface area contributed by atoms with Crippen molar-refractivity contribution < 1.29 is 0 Å². The Kier molecular flexibility index (Phi) is 9.53. The van der Waals surface area contributed by atoms with E-state index in [2.05, 4.69) is 272 Å². The van der Waals surface area contributed by atoms with Crippen molar-refractivity contribution in [3.63, 3.8) is 0 Å². The van der Waals surface area contributed by atoms with Crippen molar-refractivity contribution >= 4 is 62.9 Å². The lowest BCUT2D eigenvalue weighted by Crippen LogP contribution is -2.65. The molecule has 0 bridgehead atoms. The van der Waals surface area contributed by atoms with Crippen LogP contribution >= 0.6 is 0 Å². The number of benzene rings is 10. The van der Waals surface area contributed by atoms with Crippen molar-refractivity contribution in [3.8, 4) is 33.4 Å². The summed E-state index contributed by atoms with van der Waals surface area (Å²) >= 11 is 0. The molecule has 0 radical (unpaired) electrons. The van der Waals surface area contributed by atoms with E-state index >= 15 is 0 Å². The summed E-state index contributed by atoms with van der Waals surface area (Å²) in [6.45, 7) is 7.80. The monoisotopic (exact) mass is 989 g/mol. The average molecular weight is 990 g/mol. The minimum absolute atomic E-state index is 0.000704. The molecule has 0 saturated heterocycles. The lowest BCUT2D eigenvalue weighted by Gasteiger charge is -2.55. The summed E-state index contributed by atoms with van der Waals surface area (Å²) in [4.78, 5) is 8.41. The maximum Gasteiger partial charge on any atom is 0.252 e. The second-order valence-electron chi connectivity index (χ2n) is 23.5. The summed E-state index contributed by atoms with van der Waals surface area (Å²) in [6, 6.07) is 90.8. The molecule has 77 heavy (non-hydrogen) atoms. The number of anilines is 7. The van der Waals surface area contributed by atoms with Crippen LogP contribution in [0.15, 0.2) is 237 Å². The fraction of sp³-hybridized carbons (Fsp3) is 0.178. The van der Waals surface area contributed by atoms with Gasteiger partial charge in [0.15, 0.2) is 0 Å². The first-order valence-electron chi connectivity index (χ1n) is 28.2. The zero-order valence-corrected chi connectivity index (χ0v) is 44.2. The molecule has 4 unspecified atom stereocenters. The zero-order chi connectivity index (χ0) is 51.3. The number of para-hydroxylation sites is 1. The minimum Gasteiger partial charge on any atom is -0.335 e. The van der Waals surface area contributed by atoms with Gasteiger partial charge in [0.05, 0.1) is 11.1 Å². The van der Waals surface area contributed by atoms with Crippen LogP contribution in [-0.2, 0) is 22.8 Å². The van der Waals surface area contributed by atoms with Crippen molar-refractivity contribution in [2.45, 2.75) is 81.2 Å². The van der Waals surface area contributed by atoms with Gasteiger partial charge in [-0.25, -0.2) is 0 Å². The van der Waals surface area contributed by atoms with E-state index in [0.29, 0.717) is 0 Å². The Morgan fingerprint density at radius 3 is 1.73 bits per heavy atom.